The highest BCUT2D eigenvalue weighted by atomic mass is 35.5. The Bertz CT molecular complexity index is 1010. The molecule has 0 bridgehead atoms. The van der Waals surface area contributed by atoms with Gasteiger partial charge in [-0.3, -0.25) is 9.78 Å². The number of aryl methyl sites for hydroxylation is 2. The summed E-state index contributed by atoms with van der Waals surface area (Å²) in [4.78, 5) is 29.5. The highest BCUT2D eigenvalue weighted by Crippen LogP contribution is 2.38. The molecule has 0 atom stereocenters. The molecule has 2 aliphatic rings. The minimum atomic E-state index is -0.917. The number of carbonyl (C=O) groups is 2. The van der Waals surface area contributed by atoms with Gasteiger partial charge in [-0.15, -0.1) is 0 Å². The lowest BCUT2D eigenvalue weighted by atomic mass is 9.88. The largest absolute Gasteiger partial charge is 0.481 e. The van der Waals surface area contributed by atoms with Crippen molar-refractivity contribution in [3.8, 4) is 0 Å². The van der Waals surface area contributed by atoms with E-state index in [4.69, 9.17) is 21.7 Å². The number of urea groups is 1. The van der Waals surface area contributed by atoms with Gasteiger partial charge in [0.15, 0.2) is 0 Å². The van der Waals surface area contributed by atoms with E-state index in [1.807, 2.05) is 24.4 Å². The molecule has 4 rings (SSSR count). The first-order chi connectivity index (χ1) is 14.5. The Kier molecular flexibility index (Phi) is 6.04. The highest BCUT2D eigenvalue weighted by Gasteiger charge is 2.26. The summed E-state index contributed by atoms with van der Waals surface area (Å²) in [6.45, 7) is 1.34. The van der Waals surface area contributed by atoms with Gasteiger partial charge in [-0.2, -0.15) is 0 Å². The molecule has 0 unspecified atom stereocenters. The average molecular weight is 426 g/mol. The van der Waals surface area contributed by atoms with E-state index in [0.29, 0.717) is 13.1 Å². The third-order valence-electron chi connectivity index (χ3n) is 5.75. The van der Waals surface area contributed by atoms with Crippen LogP contribution in [0, 0.1) is 0 Å². The zero-order valence-corrected chi connectivity index (χ0v) is 17.4. The highest BCUT2D eigenvalue weighted by molar-refractivity contribution is 6.30. The van der Waals surface area contributed by atoms with E-state index in [-0.39, 0.29) is 19.0 Å². The van der Waals surface area contributed by atoms with Gasteiger partial charge in [-0.1, -0.05) is 29.3 Å². The number of amides is 2. The Labute approximate surface area is 180 Å². The van der Waals surface area contributed by atoms with Crippen molar-refractivity contribution >= 4 is 29.2 Å². The van der Waals surface area contributed by atoms with Crippen LogP contribution in [-0.4, -0.2) is 46.6 Å². The molecule has 1 aliphatic carbocycles. The van der Waals surface area contributed by atoms with Crippen molar-refractivity contribution in [2.45, 2.75) is 32.1 Å². The SMILES string of the molecule is O=C(O)CCNC(=O)N1CCC(=C2c3ccc(Cl)cc3CCc3cccnc32)CC1. The number of carboxylic acids is 1. The number of hydrogen-bond acceptors (Lipinski definition) is 3. The molecule has 6 nitrogen and oxygen atoms in total. The molecule has 7 heteroatoms. The number of rotatable bonds is 3. The van der Waals surface area contributed by atoms with E-state index < -0.39 is 5.97 Å². The van der Waals surface area contributed by atoms with Crippen LogP contribution < -0.4 is 5.32 Å². The Morgan fingerprint density at radius 3 is 2.63 bits per heavy atom. The molecule has 2 amide bonds. The van der Waals surface area contributed by atoms with Crippen LogP contribution in [0.4, 0.5) is 4.79 Å². The number of nitrogens with one attached hydrogen (secondary N) is 1. The summed E-state index contributed by atoms with van der Waals surface area (Å²) in [5.41, 5.74) is 7.17. The van der Waals surface area contributed by atoms with Crippen molar-refractivity contribution in [3.63, 3.8) is 0 Å². The number of carbonyl (C=O) groups excluding carboxylic acids is 1. The van der Waals surface area contributed by atoms with Crippen molar-refractivity contribution in [3.05, 3.63) is 69.5 Å². The molecule has 2 N–H and O–H groups in total. The lowest BCUT2D eigenvalue weighted by Crippen LogP contribution is -2.43. The molecule has 156 valence electrons. The molecule has 0 radical (unpaired) electrons. The molecular formula is C23H24ClN3O3. The van der Waals surface area contributed by atoms with Crippen molar-refractivity contribution in [1.82, 2.24) is 15.2 Å². The maximum absolute atomic E-state index is 12.3. The van der Waals surface area contributed by atoms with E-state index in [9.17, 15) is 9.59 Å². The van der Waals surface area contributed by atoms with Crippen LogP contribution in [0.15, 0.2) is 42.1 Å². The number of aromatic nitrogens is 1. The lowest BCUT2D eigenvalue weighted by molar-refractivity contribution is -0.136. The van der Waals surface area contributed by atoms with Crippen LogP contribution >= 0.6 is 11.6 Å². The first-order valence-corrected chi connectivity index (χ1v) is 10.6. The van der Waals surface area contributed by atoms with E-state index >= 15 is 0 Å². The Hall–Kier alpha value is -2.86. The Balaban J connectivity index is 1.60. The first-order valence-electron chi connectivity index (χ1n) is 10.2. The standard InChI is InChI=1S/C23H24ClN3O3/c24-18-5-6-19-17(14-18)4-3-16-2-1-10-25-22(16)21(19)15-8-12-27(13-9-15)23(30)26-11-7-20(28)29/h1-2,5-6,10,14H,3-4,7-9,11-13H2,(H,26,30)(H,28,29). The summed E-state index contributed by atoms with van der Waals surface area (Å²) < 4.78 is 0. The second-order valence-electron chi connectivity index (χ2n) is 7.65. The fourth-order valence-electron chi connectivity index (χ4n) is 4.25. The molecule has 1 aliphatic heterocycles. The van der Waals surface area contributed by atoms with Crippen LogP contribution in [0.5, 0.6) is 0 Å². The van der Waals surface area contributed by atoms with Gasteiger partial charge >= 0.3 is 12.0 Å². The molecular weight excluding hydrogens is 402 g/mol. The van der Waals surface area contributed by atoms with Gasteiger partial charge in [0.1, 0.15) is 0 Å². The van der Waals surface area contributed by atoms with E-state index in [1.165, 1.54) is 27.8 Å². The molecule has 0 saturated carbocycles. The fraction of sp³-hybridized carbons (Fsp3) is 0.348. The second-order valence-corrected chi connectivity index (χ2v) is 8.09. The van der Waals surface area contributed by atoms with Crippen molar-refractivity contribution in [1.29, 1.82) is 0 Å². The number of pyridine rings is 1. The van der Waals surface area contributed by atoms with Gasteiger partial charge in [0.25, 0.3) is 0 Å². The quantitative estimate of drug-likeness (QED) is 0.780. The monoisotopic (exact) mass is 425 g/mol. The van der Waals surface area contributed by atoms with Crippen molar-refractivity contribution in [2.24, 2.45) is 0 Å². The van der Waals surface area contributed by atoms with Gasteiger partial charge in [0, 0.05) is 36.4 Å². The number of hydrogen-bond donors (Lipinski definition) is 2. The van der Waals surface area contributed by atoms with Crippen LogP contribution in [0.3, 0.4) is 0 Å². The maximum Gasteiger partial charge on any atom is 0.317 e. The van der Waals surface area contributed by atoms with Gasteiger partial charge in [-0.05, 0) is 60.6 Å². The lowest BCUT2D eigenvalue weighted by Gasteiger charge is -2.30. The molecule has 1 fully saturated rings. The predicted octanol–water partition coefficient (Wildman–Crippen LogP) is 3.92. The number of nitrogens with zero attached hydrogens (tertiary/aromatic N) is 2. The van der Waals surface area contributed by atoms with E-state index in [1.54, 1.807) is 4.90 Å². The Morgan fingerprint density at radius 2 is 1.87 bits per heavy atom. The van der Waals surface area contributed by atoms with Crippen molar-refractivity contribution < 1.29 is 14.7 Å². The van der Waals surface area contributed by atoms with Crippen LogP contribution in [0.2, 0.25) is 5.02 Å². The van der Waals surface area contributed by atoms with E-state index in [0.717, 1.165) is 36.4 Å². The third kappa shape index (κ3) is 4.33. The molecule has 0 spiro atoms. The summed E-state index contributed by atoms with van der Waals surface area (Å²) in [5, 5.41) is 12.2. The number of carboxylic acid groups (broad SMARTS) is 1. The third-order valence-corrected chi connectivity index (χ3v) is 5.99. The number of piperidine rings is 1. The molecule has 1 aromatic heterocycles. The summed E-state index contributed by atoms with van der Waals surface area (Å²) >= 11 is 6.27. The zero-order chi connectivity index (χ0) is 21.1. The molecule has 1 aromatic carbocycles. The number of halogens is 1. The van der Waals surface area contributed by atoms with Crippen LogP contribution in [0.1, 0.15) is 41.6 Å². The fourth-order valence-corrected chi connectivity index (χ4v) is 4.45. The molecule has 30 heavy (non-hydrogen) atoms. The smallest absolute Gasteiger partial charge is 0.317 e. The van der Waals surface area contributed by atoms with E-state index in [2.05, 4.69) is 17.4 Å². The van der Waals surface area contributed by atoms with Gasteiger partial charge < -0.3 is 15.3 Å². The number of likely N-dealkylation sites (tertiary alicyclic amines) is 1. The average Bonchev–Trinajstić information content (AvgIpc) is 2.90. The van der Waals surface area contributed by atoms with Crippen LogP contribution in [-0.2, 0) is 17.6 Å². The number of aliphatic carboxylic acids is 1. The summed E-state index contributed by atoms with van der Waals surface area (Å²) in [5.74, 6) is -0.917. The minimum Gasteiger partial charge on any atom is -0.481 e. The maximum atomic E-state index is 12.3. The minimum absolute atomic E-state index is 0.0727. The molecule has 1 saturated heterocycles. The summed E-state index contributed by atoms with van der Waals surface area (Å²) in [6, 6.07) is 9.99. The molecule has 2 heterocycles. The van der Waals surface area contributed by atoms with Gasteiger partial charge in [0.05, 0.1) is 12.1 Å². The van der Waals surface area contributed by atoms with Crippen molar-refractivity contribution in [2.75, 3.05) is 19.6 Å². The van der Waals surface area contributed by atoms with Gasteiger partial charge in [0.2, 0.25) is 0 Å². The first kappa shape index (κ1) is 20.4. The van der Waals surface area contributed by atoms with Crippen LogP contribution in [0.25, 0.3) is 5.57 Å². The zero-order valence-electron chi connectivity index (χ0n) is 16.7. The summed E-state index contributed by atoms with van der Waals surface area (Å²) in [7, 11) is 0. The molecule has 2 aromatic rings. The second kappa shape index (κ2) is 8.88. The summed E-state index contributed by atoms with van der Waals surface area (Å²) in [6.07, 6.45) is 5.14. The topological polar surface area (TPSA) is 82.5 Å². The number of benzene rings is 1. The normalized spacial score (nSPS) is 15.8. The predicted molar refractivity (Wildman–Crippen MR) is 116 cm³/mol. The Morgan fingerprint density at radius 1 is 1.10 bits per heavy atom. The van der Waals surface area contributed by atoms with Gasteiger partial charge in [-0.25, -0.2) is 4.79 Å². The number of fused-ring (bicyclic) bond motifs is 2.